The molecular formula is C18H17NO2. The Morgan fingerprint density at radius 3 is 2.67 bits per heavy atom. The van der Waals surface area contributed by atoms with Crippen LogP contribution in [-0.2, 0) is 6.61 Å². The SMILES string of the molecule is CC(O)c1ccccc1OCc1ccnc2ccccc12. The average molecular weight is 279 g/mol. The number of hydrogen-bond donors (Lipinski definition) is 1. The van der Waals surface area contributed by atoms with Gasteiger partial charge in [0.25, 0.3) is 0 Å². The van der Waals surface area contributed by atoms with Crippen LogP contribution >= 0.6 is 0 Å². The van der Waals surface area contributed by atoms with E-state index in [0.29, 0.717) is 12.4 Å². The summed E-state index contributed by atoms with van der Waals surface area (Å²) in [7, 11) is 0. The summed E-state index contributed by atoms with van der Waals surface area (Å²) in [6.07, 6.45) is 1.25. The van der Waals surface area contributed by atoms with Crippen LogP contribution < -0.4 is 4.74 Å². The first-order valence-corrected chi connectivity index (χ1v) is 6.98. The first-order chi connectivity index (χ1) is 10.3. The first kappa shape index (κ1) is 13.6. The van der Waals surface area contributed by atoms with Crippen molar-refractivity contribution in [2.75, 3.05) is 0 Å². The Bertz CT molecular complexity index is 748. The largest absolute Gasteiger partial charge is 0.488 e. The van der Waals surface area contributed by atoms with Gasteiger partial charge in [0.05, 0.1) is 11.6 Å². The lowest BCUT2D eigenvalue weighted by Gasteiger charge is -2.14. The maximum Gasteiger partial charge on any atom is 0.125 e. The lowest BCUT2D eigenvalue weighted by molar-refractivity contribution is 0.190. The van der Waals surface area contributed by atoms with E-state index in [2.05, 4.69) is 4.98 Å². The van der Waals surface area contributed by atoms with E-state index in [1.165, 1.54) is 0 Å². The number of nitrogens with zero attached hydrogens (tertiary/aromatic N) is 1. The van der Waals surface area contributed by atoms with Gasteiger partial charge in [0.2, 0.25) is 0 Å². The Labute approximate surface area is 123 Å². The molecule has 1 aromatic heterocycles. The van der Waals surface area contributed by atoms with E-state index in [1.54, 1.807) is 13.1 Å². The van der Waals surface area contributed by atoms with Crippen LogP contribution in [0, 0.1) is 0 Å². The molecule has 1 unspecified atom stereocenters. The van der Waals surface area contributed by atoms with Gasteiger partial charge in [-0.2, -0.15) is 0 Å². The van der Waals surface area contributed by atoms with Crippen molar-refractivity contribution in [1.82, 2.24) is 4.98 Å². The van der Waals surface area contributed by atoms with Crippen LogP contribution in [0.2, 0.25) is 0 Å². The summed E-state index contributed by atoms with van der Waals surface area (Å²) in [6.45, 7) is 2.19. The van der Waals surface area contributed by atoms with Gasteiger partial charge in [0, 0.05) is 22.7 Å². The highest BCUT2D eigenvalue weighted by atomic mass is 16.5. The molecule has 3 nitrogen and oxygen atoms in total. The van der Waals surface area contributed by atoms with Gasteiger partial charge in [0.1, 0.15) is 12.4 Å². The van der Waals surface area contributed by atoms with Gasteiger partial charge in [-0.1, -0.05) is 36.4 Å². The van der Waals surface area contributed by atoms with E-state index in [4.69, 9.17) is 4.74 Å². The van der Waals surface area contributed by atoms with Crippen LogP contribution in [0.1, 0.15) is 24.2 Å². The quantitative estimate of drug-likeness (QED) is 0.788. The third-order valence-corrected chi connectivity index (χ3v) is 3.49. The van der Waals surface area contributed by atoms with E-state index in [1.807, 2.05) is 54.6 Å². The van der Waals surface area contributed by atoms with Gasteiger partial charge in [-0.05, 0) is 25.1 Å². The highest BCUT2D eigenvalue weighted by molar-refractivity contribution is 5.81. The minimum atomic E-state index is -0.546. The number of hydrogen-bond acceptors (Lipinski definition) is 3. The lowest BCUT2D eigenvalue weighted by Crippen LogP contribution is -2.01. The van der Waals surface area contributed by atoms with Gasteiger partial charge >= 0.3 is 0 Å². The highest BCUT2D eigenvalue weighted by Crippen LogP contribution is 2.26. The van der Waals surface area contributed by atoms with Crippen LogP contribution in [-0.4, -0.2) is 10.1 Å². The van der Waals surface area contributed by atoms with Gasteiger partial charge in [-0.25, -0.2) is 0 Å². The van der Waals surface area contributed by atoms with Crippen LogP contribution in [0.15, 0.2) is 60.8 Å². The number of para-hydroxylation sites is 2. The molecule has 3 heteroatoms. The molecule has 106 valence electrons. The Hall–Kier alpha value is -2.39. The molecule has 0 fully saturated rings. The number of benzene rings is 2. The summed E-state index contributed by atoms with van der Waals surface area (Å²) >= 11 is 0. The lowest BCUT2D eigenvalue weighted by atomic mass is 10.1. The maximum absolute atomic E-state index is 9.78. The third kappa shape index (κ3) is 2.88. The Morgan fingerprint density at radius 2 is 1.81 bits per heavy atom. The standard InChI is InChI=1S/C18H17NO2/c1-13(20)15-6-3-5-9-18(15)21-12-14-10-11-19-17-8-4-2-7-16(14)17/h2-11,13,20H,12H2,1H3. The number of rotatable bonds is 4. The molecule has 1 atom stereocenters. The van der Waals surface area contributed by atoms with Gasteiger partial charge in [-0.3, -0.25) is 4.98 Å². The zero-order valence-electron chi connectivity index (χ0n) is 11.9. The molecule has 0 saturated heterocycles. The predicted molar refractivity (Wildman–Crippen MR) is 83.2 cm³/mol. The maximum atomic E-state index is 9.78. The fraction of sp³-hybridized carbons (Fsp3) is 0.167. The molecule has 1 N–H and O–H groups in total. The number of aliphatic hydroxyl groups excluding tert-OH is 1. The smallest absolute Gasteiger partial charge is 0.125 e. The van der Waals surface area contributed by atoms with Crippen molar-refractivity contribution in [3.63, 3.8) is 0 Å². The topological polar surface area (TPSA) is 42.4 Å². The molecular weight excluding hydrogens is 262 g/mol. The molecule has 0 spiro atoms. The molecule has 0 amide bonds. The Kier molecular flexibility index (Phi) is 3.84. The number of pyridine rings is 1. The molecule has 3 aromatic rings. The van der Waals surface area contributed by atoms with E-state index >= 15 is 0 Å². The molecule has 0 aliphatic rings. The van der Waals surface area contributed by atoms with Crippen molar-refractivity contribution in [2.45, 2.75) is 19.6 Å². The van der Waals surface area contributed by atoms with Crippen molar-refractivity contribution < 1.29 is 9.84 Å². The van der Waals surface area contributed by atoms with E-state index < -0.39 is 6.10 Å². The second kappa shape index (κ2) is 5.94. The number of ether oxygens (including phenoxy) is 1. The molecule has 1 heterocycles. The molecule has 0 radical (unpaired) electrons. The Balaban J connectivity index is 1.87. The van der Waals surface area contributed by atoms with Gasteiger partial charge in [-0.15, -0.1) is 0 Å². The van der Waals surface area contributed by atoms with Crippen LogP contribution in [0.25, 0.3) is 10.9 Å². The average Bonchev–Trinajstić information content (AvgIpc) is 2.53. The minimum absolute atomic E-state index is 0.451. The summed E-state index contributed by atoms with van der Waals surface area (Å²) < 4.78 is 5.90. The van der Waals surface area contributed by atoms with Gasteiger partial charge < -0.3 is 9.84 Å². The number of fused-ring (bicyclic) bond motifs is 1. The fourth-order valence-electron chi connectivity index (χ4n) is 2.39. The normalized spacial score (nSPS) is 12.3. The summed E-state index contributed by atoms with van der Waals surface area (Å²) in [4.78, 5) is 4.35. The first-order valence-electron chi connectivity index (χ1n) is 6.98. The highest BCUT2D eigenvalue weighted by Gasteiger charge is 2.09. The van der Waals surface area contributed by atoms with Crippen LogP contribution in [0.5, 0.6) is 5.75 Å². The van der Waals surface area contributed by atoms with E-state index in [9.17, 15) is 5.11 Å². The van der Waals surface area contributed by atoms with Crippen molar-refractivity contribution in [3.05, 3.63) is 71.9 Å². The van der Waals surface area contributed by atoms with Crippen molar-refractivity contribution in [1.29, 1.82) is 0 Å². The second-order valence-electron chi connectivity index (χ2n) is 4.99. The van der Waals surface area contributed by atoms with E-state index in [0.717, 1.165) is 22.0 Å². The molecule has 3 rings (SSSR count). The zero-order chi connectivity index (χ0) is 14.7. The Morgan fingerprint density at radius 1 is 1.05 bits per heavy atom. The molecule has 0 aliphatic heterocycles. The summed E-state index contributed by atoms with van der Waals surface area (Å²) in [5.41, 5.74) is 2.85. The van der Waals surface area contributed by atoms with Crippen LogP contribution in [0.3, 0.4) is 0 Å². The molecule has 21 heavy (non-hydrogen) atoms. The van der Waals surface area contributed by atoms with Crippen molar-refractivity contribution in [2.24, 2.45) is 0 Å². The van der Waals surface area contributed by atoms with Gasteiger partial charge in [0.15, 0.2) is 0 Å². The molecule has 2 aromatic carbocycles. The molecule has 0 bridgehead atoms. The minimum Gasteiger partial charge on any atom is -0.488 e. The zero-order valence-corrected chi connectivity index (χ0v) is 11.9. The third-order valence-electron chi connectivity index (χ3n) is 3.49. The summed E-state index contributed by atoms with van der Waals surface area (Å²) in [6, 6.07) is 17.5. The second-order valence-corrected chi connectivity index (χ2v) is 4.99. The summed E-state index contributed by atoms with van der Waals surface area (Å²) in [5, 5.41) is 10.9. The van der Waals surface area contributed by atoms with Crippen molar-refractivity contribution >= 4 is 10.9 Å². The number of aromatic nitrogens is 1. The monoisotopic (exact) mass is 279 g/mol. The molecule has 0 saturated carbocycles. The van der Waals surface area contributed by atoms with Crippen molar-refractivity contribution in [3.8, 4) is 5.75 Å². The predicted octanol–water partition coefficient (Wildman–Crippen LogP) is 3.87. The fourth-order valence-corrected chi connectivity index (χ4v) is 2.39. The summed E-state index contributed by atoms with van der Waals surface area (Å²) in [5.74, 6) is 0.716. The van der Waals surface area contributed by atoms with Crippen LogP contribution in [0.4, 0.5) is 0 Å². The number of aliphatic hydroxyl groups is 1. The molecule has 0 aliphatic carbocycles. The van der Waals surface area contributed by atoms with E-state index in [-0.39, 0.29) is 0 Å².